The van der Waals surface area contributed by atoms with E-state index in [-0.39, 0.29) is 11.7 Å². The van der Waals surface area contributed by atoms with E-state index in [9.17, 15) is 8.42 Å². The molecule has 0 fully saturated rings. The fourth-order valence-corrected chi connectivity index (χ4v) is 2.09. The molecule has 0 bridgehead atoms. The maximum atomic E-state index is 10.9. The van der Waals surface area contributed by atoms with Crippen LogP contribution in [0.5, 0.6) is 5.75 Å². The SMILES string of the molecule is COc1ccccc1-c1noc(CS(=O)(=O)Cl)n1. The van der Waals surface area contributed by atoms with Crippen molar-refractivity contribution in [2.45, 2.75) is 5.75 Å². The lowest BCUT2D eigenvalue weighted by Crippen LogP contribution is -1.95. The summed E-state index contributed by atoms with van der Waals surface area (Å²) in [6.45, 7) is 0. The van der Waals surface area contributed by atoms with E-state index in [1.54, 1.807) is 24.3 Å². The molecule has 0 saturated heterocycles. The van der Waals surface area contributed by atoms with Gasteiger partial charge in [0.15, 0.2) is 0 Å². The van der Waals surface area contributed by atoms with Crippen LogP contribution in [0.3, 0.4) is 0 Å². The van der Waals surface area contributed by atoms with E-state index in [1.165, 1.54) is 7.11 Å². The Bertz CT molecular complexity index is 653. The van der Waals surface area contributed by atoms with Crippen LogP contribution >= 0.6 is 10.7 Å². The first-order chi connectivity index (χ1) is 8.49. The molecule has 0 atom stereocenters. The van der Waals surface area contributed by atoms with Gasteiger partial charge in [-0.1, -0.05) is 17.3 Å². The number of ether oxygens (including phenoxy) is 1. The van der Waals surface area contributed by atoms with Gasteiger partial charge in [-0.15, -0.1) is 0 Å². The molecule has 0 amide bonds. The molecule has 0 unspecified atom stereocenters. The first-order valence-corrected chi connectivity index (χ1v) is 7.36. The second kappa shape index (κ2) is 4.95. The summed E-state index contributed by atoms with van der Waals surface area (Å²) in [7, 11) is 2.90. The second-order valence-corrected chi connectivity index (χ2v) is 6.17. The van der Waals surface area contributed by atoms with Crippen LogP contribution in [0, 0.1) is 0 Å². The van der Waals surface area contributed by atoms with Gasteiger partial charge >= 0.3 is 0 Å². The number of hydrogen-bond donors (Lipinski definition) is 0. The number of benzene rings is 1. The van der Waals surface area contributed by atoms with Crippen molar-refractivity contribution >= 4 is 19.7 Å². The molecule has 0 saturated carbocycles. The van der Waals surface area contributed by atoms with E-state index < -0.39 is 14.8 Å². The van der Waals surface area contributed by atoms with Gasteiger partial charge in [0, 0.05) is 10.7 Å². The Hall–Kier alpha value is -1.60. The number of aromatic nitrogens is 2. The Morgan fingerprint density at radius 3 is 2.78 bits per heavy atom. The van der Waals surface area contributed by atoms with Crippen LogP contribution in [0.2, 0.25) is 0 Å². The van der Waals surface area contributed by atoms with Crippen molar-refractivity contribution < 1.29 is 17.7 Å². The molecule has 0 N–H and O–H groups in total. The lowest BCUT2D eigenvalue weighted by molar-refractivity contribution is 0.388. The van der Waals surface area contributed by atoms with E-state index in [4.69, 9.17) is 19.9 Å². The Kier molecular flexibility index (Phi) is 3.53. The standard InChI is InChI=1S/C10H9ClN2O4S/c1-16-8-5-3-2-4-7(8)10-12-9(17-13-10)6-18(11,14)15/h2-5H,6H2,1H3. The van der Waals surface area contributed by atoms with Crippen molar-refractivity contribution in [3.8, 4) is 17.1 Å². The van der Waals surface area contributed by atoms with Gasteiger partial charge in [-0.25, -0.2) is 8.42 Å². The average Bonchev–Trinajstić information content (AvgIpc) is 2.75. The zero-order chi connectivity index (χ0) is 13.2. The molecule has 1 heterocycles. The molecule has 1 aromatic heterocycles. The number of hydrogen-bond acceptors (Lipinski definition) is 6. The monoisotopic (exact) mass is 288 g/mol. The molecule has 8 heteroatoms. The molecular formula is C10H9ClN2O4S. The van der Waals surface area contributed by atoms with Crippen LogP contribution in [-0.4, -0.2) is 25.7 Å². The third kappa shape index (κ3) is 2.99. The highest BCUT2D eigenvalue weighted by atomic mass is 35.7. The fourth-order valence-electron chi connectivity index (χ4n) is 1.40. The van der Waals surface area contributed by atoms with Crippen molar-refractivity contribution in [2.75, 3.05) is 7.11 Å². The number of methoxy groups -OCH3 is 1. The summed E-state index contributed by atoms with van der Waals surface area (Å²) in [6.07, 6.45) is 0. The molecule has 0 radical (unpaired) electrons. The first kappa shape index (κ1) is 12.8. The van der Waals surface area contributed by atoms with E-state index in [0.29, 0.717) is 11.3 Å². The highest BCUT2D eigenvalue weighted by molar-refractivity contribution is 8.13. The Balaban J connectivity index is 2.35. The third-order valence-corrected chi connectivity index (χ3v) is 3.03. The van der Waals surface area contributed by atoms with E-state index in [2.05, 4.69) is 10.1 Å². The molecule has 6 nitrogen and oxygen atoms in total. The zero-order valence-electron chi connectivity index (χ0n) is 9.33. The molecule has 1 aromatic carbocycles. The quantitative estimate of drug-likeness (QED) is 0.798. The molecule has 0 aliphatic heterocycles. The van der Waals surface area contributed by atoms with Crippen LogP contribution in [0.4, 0.5) is 0 Å². The minimum atomic E-state index is -3.72. The molecule has 0 spiro atoms. The van der Waals surface area contributed by atoms with E-state index in [1.807, 2.05) is 0 Å². The van der Waals surface area contributed by atoms with Gasteiger partial charge in [-0.05, 0) is 12.1 Å². The minimum Gasteiger partial charge on any atom is -0.496 e. The van der Waals surface area contributed by atoms with Crippen LogP contribution in [0.15, 0.2) is 28.8 Å². The molecule has 96 valence electrons. The third-order valence-electron chi connectivity index (χ3n) is 2.11. The van der Waals surface area contributed by atoms with Gasteiger partial charge in [0.05, 0.1) is 12.7 Å². The van der Waals surface area contributed by atoms with Crippen LogP contribution in [0.25, 0.3) is 11.4 Å². The van der Waals surface area contributed by atoms with Crippen molar-refractivity contribution in [2.24, 2.45) is 0 Å². The minimum absolute atomic E-state index is 0.0640. The smallest absolute Gasteiger partial charge is 0.243 e. The predicted molar refractivity (Wildman–Crippen MR) is 64.8 cm³/mol. The van der Waals surface area contributed by atoms with E-state index in [0.717, 1.165) is 0 Å². The molecule has 2 aromatic rings. The largest absolute Gasteiger partial charge is 0.496 e. The lowest BCUT2D eigenvalue weighted by Gasteiger charge is -2.02. The highest BCUT2D eigenvalue weighted by Crippen LogP contribution is 2.27. The number of para-hydroxylation sites is 1. The summed E-state index contributed by atoms with van der Waals surface area (Å²) in [5.41, 5.74) is 0.613. The summed E-state index contributed by atoms with van der Waals surface area (Å²) in [5.74, 6) is 0.253. The number of nitrogens with zero attached hydrogens (tertiary/aromatic N) is 2. The van der Waals surface area contributed by atoms with Gasteiger partial charge in [-0.2, -0.15) is 4.98 Å². The molecule has 18 heavy (non-hydrogen) atoms. The number of rotatable bonds is 4. The molecular weight excluding hydrogens is 280 g/mol. The zero-order valence-corrected chi connectivity index (χ0v) is 10.9. The Morgan fingerprint density at radius 1 is 1.39 bits per heavy atom. The topological polar surface area (TPSA) is 82.3 Å². The van der Waals surface area contributed by atoms with Crippen LogP contribution < -0.4 is 4.74 Å². The average molecular weight is 289 g/mol. The first-order valence-electron chi connectivity index (χ1n) is 4.88. The highest BCUT2D eigenvalue weighted by Gasteiger charge is 2.17. The van der Waals surface area contributed by atoms with Gasteiger partial charge in [0.1, 0.15) is 11.5 Å². The summed E-state index contributed by atoms with van der Waals surface area (Å²) >= 11 is 0. The maximum Gasteiger partial charge on any atom is 0.243 e. The van der Waals surface area contributed by atoms with Gasteiger partial charge in [-0.3, -0.25) is 0 Å². The Labute approximate surface area is 108 Å². The molecule has 0 aliphatic rings. The van der Waals surface area contributed by atoms with E-state index >= 15 is 0 Å². The van der Waals surface area contributed by atoms with Crippen molar-refractivity contribution in [1.29, 1.82) is 0 Å². The van der Waals surface area contributed by atoms with Gasteiger partial charge in [0.25, 0.3) is 0 Å². The van der Waals surface area contributed by atoms with Crippen molar-refractivity contribution in [1.82, 2.24) is 10.1 Å². The predicted octanol–water partition coefficient (Wildman–Crippen LogP) is 1.81. The summed E-state index contributed by atoms with van der Waals surface area (Å²) in [5, 5.41) is 3.69. The van der Waals surface area contributed by atoms with Gasteiger partial charge < -0.3 is 9.26 Å². The molecule has 0 aliphatic carbocycles. The van der Waals surface area contributed by atoms with Crippen molar-refractivity contribution in [3.63, 3.8) is 0 Å². The van der Waals surface area contributed by atoms with Crippen LogP contribution in [-0.2, 0) is 14.8 Å². The lowest BCUT2D eigenvalue weighted by atomic mass is 10.2. The van der Waals surface area contributed by atoms with Crippen LogP contribution in [0.1, 0.15) is 5.89 Å². The summed E-state index contributed by atoms with van der Waals surface area (Å²) in [6, 6.07) is 7.06. The fraction of sp³-hybridized carbons (Fsp3) is 0.200. The maximum absolute atomic E-state index is 10.9. The van der Waals surface area contributed by atoms with Gasteiger partial charge in [0.2, 0.25) is 20.8 Å². The summed E-state index contributed by atoms with van der Waals surface area (Å²) in [4.78, 5) is 3.95. The number of halogens is 1. The van der Waals surface area contributed by atoms with Crippen molar-refractivity contribution in [3.05, 3.63) is 30.2 Å². The second-order valence-electron chi connectivity index (χ2n) is 3.40. The normalized spacial score (nSPS) is 11.4. The Morgan fingerprint density at radius 2 is 2.11 bits per heavy atom. The molecule has 2 rings (SSSR count). The summed E-state index contributed by atoms with van der Waals surface area (Å²) < 4.78 is 31.7.